The SMILES string of the molecule is O=C1[C@H]2N=NN(Cc3ccc(F)cc3)[C@H]2C(=O)N1c1ccc(F)cc1. The third-order valence-electron chi connectivity index (χ3n) is 4.20. The van der Waals surface area contributed by atoms with Crippen LogP contribution >= 0.6 is 0 Å². The number of benzene rings is 2. The molecule has 25 heavy (non-hydrogen) atoms. The molecule has 2 amide bonds. The molecule has 0 saturated carbocycles. The number of hydrogen-bond donors (Lipinski definition) is 0. The van der Waals surface area contributed by atoms with Crippen LogP contribution in [0, 0.1) is 11.6 Å². The molecule has 1 fully saturated rings. The molecular formula is C17H12F2N4O2. The molecule has 4 rings (SSSR count). The molecular weight excluding hydrogens is 330 g/mol. The Morgan fingerprint density at radius 3 is 2.12 bits per heavy atom. The van der Waals surface area contributed by atoms with Gasteiger partial charge in [-0.3, -0.25) is 14.6 Å². The monoisotopic (exact) mass is 342 g/mol. The van der Waals surface area contributed by atoms with Crippen LogP contribution in [0.15, 0.2) is 58.9 Å². The third-order valence-corrected chi connectivity index (χ3v) is 4.20. The minimum atomic E-state index is -0.919. The summed E-state index contributed by atoms with van der Waals surface area (Å²) in [6.45, 7) is 0.223. The van der Waals surface area contributed by atoms with Gasteiger partial charge in [0.1, 0.15) is 11.6 Å². The Bertz CT molecular complexity index is 867. The van der Waals surface area contributed by atoms with Crippen molar-refractivity contribution >= 4 is 17.5 Å². The van der Waals surface area contributed by atoms with Gasteiger partial charge in [0, 0.05) is 0 Å². The highest BCUT2D eigenvalue weighted by molar-refractivity contribution is 6.25. The number of carbonyl (C=O) groups is 2. The summed E-state index contributed by atoms with van der Waals surface area (Å²) >= 11 is 0. The van der Waals surface area contributed by atoms with Gasteiger partial charge in [-0.2, -0.15) is 5.11 Å². The molecule has 2 aromatic rings. The quantitative estimate of drug-likeness (QED) is 0.805. The lowest BCUT2D eigenvalue weighted by atomic mass is 10.1. The van der Waals surface area contributed by atoms with E-state index in [0.717, 1.165) is 10.5 Å². The van der Waals surface area contributed by atoms with Crippen molar-refractivity contribution in [2.75, 3.05) is 4.90 Å². The van der Waals surface area contributed by atoms with Crippen LogP contribution in [0.4, 0.5) is 14.5 Å². The number of amides is 2. The van der Waals surface area contributed by atoms with Crippen LogP contribution in [-0.2, 0) is 16.1 Å². The second-order valence-electron chi connectivity index (χ2n) is 5.81. The highest BCUT2D eigenvalue weighted by Gasteiger charge is 2.54. The van der Waals surface area contributed by atoms with Crippen molar-refractivity contribution in [3.63, 3.8) is 0 Å². The highest BCUT2D eigenvalue weighted by atomic mass is 19.1. The van der Waals surface area contributed by atoms with Crippen LogP contribution in [0.1, 0.15) is 5.56 Å². The molecule has 126 valence electrons. The minimum absolute atomic E-state index is 0.223. The van der Waals surface area contributed by atoms with E-state index in [1.54, 1.807) is 12.1 Å². The maximum absolute atomic E-state index is 13.1. The molecule has 0 N–H and O–H groups in total. The van der Waals surface area contributed by atoms with Crippen molar-refractivity contribution in [1.82, 2.24) is 5.01 Å². The van der Waals surface area contributed by atoms with Gasteiger partial charge in [0.15, 0.2) is 12.1 Å². The number of hydrogen-bond acceptors (Lipinski definition) is 5. The van der Waals surface area contributed by atoms with Gasteiger partial charge in [0.05, 0.1) is 12.2 Å². The van der Waals surface area contributed by atoms with Crippen molar-refractivity contribution in [3.8, 4) is 0 Å². The number of imide groups is 1. The predicted molar refractivity (Wildman–Crippen MR) is 83.3 cm³/mol. The van der Waals surface area contributed by atoms with Crippen molar-refractivity contribution in [2.24, 2.45) is 10.3 Å². The fourth-order valence-electron chi connectivity index (χ4n) is 2.98. The summed E-state index contributed by atoms with van der Waals surface area (Å²) in [7, 11) is 0. The Balaban J connectivity index is 1.59. The van der Waals surface area contributed by atoms with Crippen LogP contribution in [0.5, 0.6) is 0 Å². The van der Waals surface area contributed by atoms with Crippen LogP contribution in [0.25, 0.3) is 0 Å². The zero-order valence-electron chi connectivity index (χ0n) is 12.8. The molecule has 2 aliphatic rings. The first-order valence-corrected chi connectivity index (χ1v) is 7.60. The lowest BCUT2D eigenvalue weighted by Gasteiger charge is -2.20. The van der Waals surface area contributed by atoms with Crippen LogP contribution in [-0.4, -0.2) is 28.9 Å². The molecule has 2 heterocycles. The highest BCUT2D eigenvalue weighted by Crippen LogP contribution is 2.32. The Hall–Kier alpha value is -3.16. The van der Waals surface area contributed by atoms with E-state index in [1.807, 2.05) is 0 Å². The summed E-state index contributed by atoms with van der Waals surface area (Å²) in [6, 6.07) is 9.12. The largest absolute Gasteiger partial charge is 0.271 e. The average Bonchev–Trinajstić information content (AvgIpc) is 3.12. The first-order valence-electron chi connectivity index (χ1n) is 7.60. The van der Waals surface area contributed by atoms with Gasteiger partial charge < -0.3 is 0 Å². The Kier molecular flexibility index (Phi) is 3.52. The van der Waals surface area contributed by atoms with Crippen LogP contribution in [0.2, 0.25) is 0 Å². The van der Waals surface area contributed by atoms with E-state index in [0.29, 0.717) is 5.69 Å². The summed E-state index contributed by atoms with van der Waals surface area (Å²) in [5.41, 5.74) is 1.03. The van der Waals surface area contributed by atoms with Gasteiger partial charge in [0.25, 0.3) is 11.8 Å². The molecule has 2 aliphatic heterocycles. The first kappa shape index (κ1) is 15.4. The van der Waals surface area contributed by atoms with E-state index in [2.05, 4.69) is 10.3 Å². The third kappa shape index (κ3) is 2.55. The number of anilines is 1. The molecule has 0 aliphatic carbocycles. The van der Waals surface area contributed by atoms with Gasteiger partial charge in [0.2, 0.25) is 0 Å². The fraction of sp³-hybridized carbons (Fsp3) is 0.176. The molecule has 0 spiro atoms. The van der Waals surface area contributed by atoms with E-state index in [4.69, 9.17) is 0 Å². The standard InChI is InChI=1S/C17H12F2N4O2/c18-11-3-1-10(2-4-11)9-22-15-14(20-21-22)16(24)23(17(15)25)13-7-5-12(19)6-8-13/h1-8,14-15H,9H2/t14-,15+/m0/s1. The smallest absolute Gasteiger partial charge is 0.263 e. The van der Waals surface area contributed by atoms with Gasteiger partial charge >= 0.3 is 0 Å². The molecule has 0 radical (unpaired) electrons. The van der Waals surface area contributed by atoms with Gasteiger partial charge in [-0.25, -0.2) is 13.7 Å². The second kappa shape index (κ2) is 5.73. The van der Waals surface area contributed by atoms with E-state index in [-0.39, 0.29) is 12.4 Å². The summed E-state index contributed by atoms with van der Waals surface area (Å²) in [6.07, 6.45) is 0. The van der Waals surface area contributed by atoms with Crippen molar-refractivity contribution in [2.45, 2.75) is 18.6 Å². The Morgan fingerprint density at radius 1 is 0.880 bits per heavy atom. The number of nitrogens with zero attached hydrogens (tertiary/aromatic N) is 4. The number of carbonyl (C=O) groups excluding carboxylic acids is 2. The van der Waals surface area contributed by atoms with Gasteiger partial charge in [-0.05, 0) is 42.0 Å². The molecule has 0 bridgehead atoms. The first-order chi connectivity index (χ1) is 12.0. The minimum Gasteiger partial charge on any atom is -0.271 e. The van der Waals surface area contributed by atoms with Crippen molar-refractivity contribution in [3.05, 3.63) is 65.7 Å². The van der Waals surface area contributed by atoms with E-state index in [9.17, 15) is 18.4 Å². The summed E-state index contributed by atoms with van der Waals surface area (Å²) in [5.74, 6) is -1.78. The Labute approximate surface area is 141 Å². The molecule has 8 heteroatoms. The van der Waals surface area contributed by atoms with E-state index >= 15 is 0 Å². The zero-order valence-corrected chi connectivity index (χ0v) is 12.8. The predicted octanol–water partition coefficient (Wildman–Crippen LogP) is 2.46. The fourth-order valence-corrected chi connectivity index (χ4v) is 2.98. The van der Waals surface area contributed by atoms with Crippen LogP contribution < -0.4 is 4.90 Å². The Morgan fingerprint density at radius 2 is 1.48 bits per heavy atom. The molecule has 0 unspecified atom stereocenters. The summed E-state index contributed by atoms with van der Waals surface area (Å²) in [4.78, 5) is 26.2. The van der Waals surface area contributed by atoms with Crippen molar-refractivity contribution < 1.29 is 18.4 Å². The molecule has 2 atom stereocenters. The lowest BCUT2D eigenvalue weighted by molar-refractivity contribution is -0.123. The van der Waals surface area contributed by atoms with Crippen molar-refractivity contribution in [1.29, 1.82) is 0 Å². The number of rotatable bonds is 3. The van der Waals surface area contributed by atoms with Crippen LogP contribution in [0.3, 0.4) is 0 Å². The maximum Gasteiger partial charge on any atom is 0.263 e. The summed E-state index contributed by atoms with van der Waals surface area (Å²) < 4.78 is 26.1. The number of halogens is 2. The molecule has 6 nitrogen and oxygen atoms in total. The van der Waals surface area contributed by atoms with Gasteiger partial charge in [-0.1, -0.05) is 17.4 Å². The topological polar surface area (TPSA) is 65.3 Å². The normalized spacial score (nSPS) is 22.0. The zero-order chi connectivity index (χ0) is 17.6. The lowest BCUT2D eigenvalue weighted by Crippen LogP contribution is -2.39. The average molecular weight is 342 g/mol. The van der Waals surface area contributed by atoms with E-state index in [1.165, 1.54) is 41.4 Å². The second-order valence-corrected chi connectivity index (χ2v) is 5.81. The van der Waals surface area contributed by atoms with E-state index < -0.39 is 29.7 Å². The van der Waals surface area contributed by atoms with Gasteiger partial charge in [-0.15, -0.1) is 0 Å². The maximum atomic E-state index is 13.1. The summed E-state index contributed by atoms with van der Waals surface area (Å²) in [5, 5.41) is 9.24. The number of fused-ring (bicyclic) bond motifs is 1. The molecule has 1 saturated heterocycles. The molecule has 0 aromatic heterocycles. The molecule has 2 aromatic carbocycles.